The molecule has 0 spiro atoms. The van der Waals surface area contributed by atoms with Crippen molar-refractivity contribution >= 4 is 212 Å². The van der Waals surface area contributed by atoms with Crippen molar-refractivity contribution in [1.82, 2.24) is 0 Å². The standard InChI is InChI=1S/C102H66B2N6S2/c1-8-33-67(34-9-1)76-49-30-50-77(68-35-10-2-11-36-68)100(76)110-91-66-90-84(65-85(91)104-83-54-25-27-56-87(83)109(89-58-32-52-81-79-48-23-29-60-97(79)112-102(81)89)94-61-74(62-95(110)99(94)104)105(69-37-12-3-13-38-69)70-39-14-4-15-40-70)103-82-53-24-26-55-86(82)107(72-43-18-6-19-44-72)92-63-75(64-93(98(92)103)108(90)73-45-20-7-21-46-73)106(71-41-16-5-17-42-71)88-57-31-51-80-78-47-22-28-59-96(78)111-101(80)88/h1-66H. The largest absolute Gasteiger partial charge is 0.311 e. The second-order valence-corrected chi connectivity index (χ2v) is 31.5. The fourth-order valence-corrected chi connectivity index (χ4v) is 21.1. The van der Waals surface area contributed by atoms with E-state index in [0.717, 1.165) is 125 Å². The van der Waals surface area contributed by atoms with Crippen LogP contribution in [0.15, 0.2) is 400 Å². The molecule has 2 aromatic heterocycles. The lowest BCUT2D eigenvalue weighted by molar-refractivity contribution is 1.22. The molecule has 0 aliphatic carbocycles. The van der Waals surface area contributed by atoms with Gasteiger partial charge in [-0.05, 0) is 171 Å². The van der Waals surface area contributed by atoms with Crippen molar-refractivity contribution in [3.05, 3.63) is 400 Å². The normalized spacial score (nSPS) is 12.9. The van der Waals surface area contributed by atoms with Gasteiger partial charge in [0, 0.05) is 116 Å². The van der Waals surface area contributed by atoms with E-state index in [2.05, 4.69) is 430 Å². The highest BCUT2D eigenvalue weighted by molar-refractivity contribution is 7.27. The van der Waals surface area contributed by atoms with Crippen LogP contribution in [-0.4, -0.2) is 13.4 Å². The number of nitrogens with zero attached hydrogens (tertiary/aromatic N) is 6. The van der Waals surface area contributed by atoms with Crippen LogP contribution in [0.25, 0.3) is 62.6 Å². The summed E-state index contributed by atoms with van der Waals surface area (Å²) in [6.07, 6.45) is 0. The Morgan fingerprint density at radius 3 is 1.12 bits per heavy atom. The van der Waals surface area contributed by atoms with Gasteiger partial charge in [0.05, 0.1) is 37.8 Å². The fourth-order valence-electron chi connectivity index (χ4n) is 18.7. The number of thiophene rings is 2. The Morgan fingerprint density at radius 2 is 0.589 bits per heavy atom. The molecule has 4 aliphatic rings. The number of hydrogen-bond acceptors (Lipinski definition) is 8. The minimum atomic E-state index is -0.278. The molecule has 6 nitrogen and oxygen atoms in total. The summed E-state index contributed by atoms with van der Waals surface area (Å²) in [6, 6.07) is 150. The molecule has 6 heterocycles. The molecule has 0 saturated carbocycles. The van der Waals surface area contributed by atoms with Gasteiger partial charge in [-0.2, -0.15) is 0 Å². The third-order valence-corrected chi connectivity index (χ3v) is 25.7. The predicted molar refractivity (Wildman–Crippen MR) is 481 cm³/mol. The molecule has 17 aromatic carbocycles. The number of benzene rings is 17. The van der Waals surface area contributed by atoms with Gasteiger partial charge in [0.15, 0.2) is 0 Å². The summed E-state index contributed by atoms with van der Waals surface area (Å²) in [4.78, 5) is 15.5. The average Bonchev–Trinajstić information content (AvgIpc) is 0.874. The van der Waals surface area contributed by atoms with Crippen LogP contribution in [0.2, 0.25) is 0 Å². The summed E-state index contributed by atoms with van der Waals surface area (Å²) in [6.45, 7) is -0.522. The first-order valence-corrected chi connectivity index (χ1v) is 40.1. The molecule has 10 heteroatoms. The van der Waals surface area contributed by atoms with Gasteiger partial charge >= 0.3 is 0 Å². The van der Waals surface area contributed by atoms with E-state index in [4.69, 9.17) is 0 Å². The van der Waals surface area contributed by atoms with E-state index in [1.165, 1.54) is 73.1 Å². The lowest BCUT2D eigenvalue weighted by atomic mass is 9.30. The first-order valence-electron chi connectivity index (χ1n) is 38.5. The smallest absolute Gasteiger partial charge is 0.252 e. The Bertz CT molecular complexity index is 6850. The van der Waals surface area contributed by atoms with Crippen LogP contribution in [0, 0.1) is 0 Å². The Labute approximate surface area is 658 Å². The number of anilines is 18. The molecule has 23 rings (SSSR count). The van der Waals surface area contributed by atoms with E-state index in [0.29, 0.717) is 0 Å². The summed E-state index contributed by atoms with van der Waals surface area (Å²) in [5.41, 5.74) is 31.5. The molecule has 0 saturated heterocycles. The zero-order valence-corrected chi connectivity index (χ0v) is 62.4. The topological polar surface area (TPSA) is 19.4 Å². The Balaban J connectivity index is 0.876. The molecular formula is C102H66B2N6S2. The molecule has 522 valence electrons. The van der Waals surface area contributed by atoms with Gasteiger partial charge in [0.25, 0.3) is 13.4 Å². The summed E-state index contributed by atoms with van der Waals surface area (Å²) in [7, 11) is 0. The fraction of sp³-hybridized carbons (Fsp3) is 0. The van der Waals surface area contributed by atoms with Gasteiger partial charge in [0.2, 0.25) is 0 Å². The van der Waals surface area contributed by atoms with Crippen molar-refractivity contribution < 1.29 is 0 Å². The van der Waals surface area contributed by atoms with Crippen LogP contribution >= 0.6 is 22.7 Å². The summed E-state index contributed by atoms with van der Waals surface area (Å²) < 4.78 is 5.00. The first-order chi connectivity index (χ1) is 55.6. The zero-order chi connectivity index (χ0) is 73.5. The van der Waals surface area contributed by atoms with E-state index in [1.54, 1.807) is 0 Å². The maximum atomic E-state index is 2.72. The van der Waals surface area contributed by atoms with E-state index in [9.17, 15) is 0 Å². The van der Waals surface area contributed by atoms with Gasteiger partial charge in [-0.25, -0.2) is 0 Å². The van der Waals surface area contributed by atoms with Gasteiger partial charge < -0.3 is 29.4 Å². The van der Waals surface area contributed by atoms with E-state index in [-0.39, 0.29) is 13.4 Å². The molecule has 4 aliphatic heterocycles. The van der Waals surface area contributed by atoms with Crippen molar-refractivity contribution in [2.75, 3.05) is 29.4 Å². The predicted octanol–water partition coefficient (Wildman–Crippen LogP) is 24.9. The minimum Gasteiger partial charge on any atom is -0.311 e. The molecule has 0 unspecified atom stereocenters. The van der Waals surface area contributed by atoms with E-state index < -0.39 is 0 Å². The maximum absolute atomic E-state index is 2.72. The van der Waals surface area contributed by atoms with E-state index in [1.807, 2.05) is 22.7 Å². The highest BCUT2D eigenvalue weighted by atomic mass is 32.1. The SMILES string of the molecule is c1ccc(-c2cccc(-c3ccccc3)c2N2c3cc4c(cc3B3c5ccccc5N(c5cccc6c5sc5ccccc56)c5cc(N(c6ccccc6)c6ccccc6)cc2c53)B2c3ccccc3N(c3ccccc3)c3cc(N(c5ccccc5)c5cccc6c5sc5ccccc56)cc(c32)N4c2ccccc2)cc1. The molecule has 0 N–H and O–H groups in total. The van der Waals surface area contributed by atoms with Gasteiger partial charge in [-0.1, -0.05) is 273 Å². The van der Waals surface area contributed by atoms with E-state index >= 15 is 0 Å². The Morgan fingerprint density at radius 1 is 0.223 bits per heavy atom. The van der Waals surface area contributed by atoms with Crippen molar-refractivity contribution in [3.8, 4) is 22.3 Å². The summed E-state index contributed by atoms with van der Waals surface area (Å²) in [5.74, 6) is 0. The van der Waals surface area contributed by atoms with Crippen LogP contribution in [0.4, 0.5) is 102 Å². The lowest BCUT2D eigenvalue weighted by Gasteiger charge is -2.48. The molecule has 0 amide bonds. The molecule has 0 radical (unpaired) electrons. The van der Waals surface area contributed by atoms with Crippen molar-refractivity contribution in [2.45, 2.75) is 0 Å². The Hall–Kier alpha value is -13.9. The first kappa shape index (κ1) is 64.1. The minimum absolute atomic E-state index is 0.244. The monoisotopic (exact) mass is 1460 g/mol. The molecule has 112 heavy (non-hydrogen) atoms. The van der Waals surface area contributed by atoms with Crippen LogP contribution in [0.1, 0.15) is 0 Å². The van der Waals surface area contributed by atoms with Gasteiger partial charge in [-0.15, -0.1) is 22.7 Å². The van der Waals surface area contributed by atoms with Crippen LogP contribution in [0.3, 0.4) is 0 Å². The lowest BCUT2D eigenvalue weighted by Crippen LogP contribution is -2.65. The van der Waals surface area contributed by atoms with Gasteiger partial charge in [0.1, 0.15) is 0 Å². The summed E-state index contributed by atoms with van der Waals surface area (Å²) in [5, 5.41) is 5.01. The third kappa shape index (κ3) is 9.92. The summed E-state index contributed by atoms with van der Waals surface area (Å²) >= 11 is 3.75. The molecule has 0 bridgehead atoms. The number of fused-ring (bicyclic) bond motifs is 14. The number of para-hydroxylation sites is 8. The van der Waals surface area contributed by atoms with Crippen molar-refractivity contribution in [2.24, 2.45) is 0 Å². The highest BCUT2D eigenvalue weighted by Crippen LogP contribution is 2.57. The molecule has 0 fully saturated rings. The van der Waals surface area contributed by atoms with Crippen LogP contribution < -0.4 is 62.2 Å². The average molecular weight is 1460 g/mol. The van der Waals surface area contributed by atoms with Crippen molar-refractivity contribution in [3.63, 3.8) is 0 Å². The number of hydrogen-bond donors (Lipinski definition) is 0. The van der Waals surface area contributed by atoms with Crippen LogP contribution in [-0.2, 0) is 0 Å². The zero-order valence-electron chi connectivity index (χ0n) is 60.8. The van der Waals surface area contributed by atoms with Crippen molar-refractivity contribution in [1.29, 1.82) is 0 Å². The van der Waals surface area contributed by atoms with Gasteiger partial charge in [-0.3, -0.25) is 0 Å². The number of rotatable bonds is 12. The second kappa shape index (κ2) is 25.9. The second-order valence-electron chi connectivity index (χ2n) is 29.4. The molecular weight excluding hydrogens is 1390 g/mol. The highest BCUT2D eigenvalue weighted by Gasteiger charge is 2.50. The third-order valence-electron chi connectivity index (χ3n) is 23.3. The van der Waals surface area contributed by atoms with Crippen LogP contribution in [0.5, 0.6) is 0 Å². The molecule has 0 atom stereocenters. The maximum Gasteiger partial charge on any atom is 0.252 e. The molecule has 19 aromatic rings. The Kier molecular flexibility index (Phi) is 14.8. The quantitative estimate of drug-likeness (QED) is 0.113.